The highest BCUT2D eigenvalue weighted by Gasteiger charge is 2.26. The second kappa shape index (κ2) is 7.43. The Balaban J connectivity index is 1.39. The van der Waals surface area contributed by atoms with Gasteiger partial charge in [0.2, 0.25) is 0 Å². The molecular formula is C20H21N3O2S. The Bertz CT molecular complexity index is 866. The summed E-state index contributed by atoms with van der Waals surface area (Å²) in [4.78, 5) is 22.7. The van der Waals surface area contributed by atoms with E-state index in [0.29, 0.717) is 11.5 Å². The van der Waals surface area contributed by atoms with Crippen molar-refractivity contribution in [1.82, 2.24) is 14.8 Å². The lowest BCUT2D eigenvalue weighted by Gasteiger charge is -2.34. The third-order valence-corrected chi connectivity index (χ3v) is 5.62. The molecule has 3 aromatic rings. The molecule has 1 fully saturated rings. The minimum Gasteiger partial charge on any atom is -0.462 e. The predicted octanol–water partition coefficient (Wildman–Crippen LogP) is 3.67. The summed E-state index contributed by atoms with van der Waals surface area (Å²) in [6.07, 6.45) is 1.62. The minimum absolute atomic E-state index is 0.0240. The molecule has 0 spiro atoms. The Morgan fingerprint density at radius 1 is 1.12 bits per heavy atom. The van der Waals surface area contributed by atoms with Gasteiger partial charge < -0.3 is 9.32 Å². The predicted molar refractivity (Wildman–Crippen MR) is 102 cm³/mol. The Kier molecular flexibility index (Phi) is 4.86. The van der Waals surface area contributed by atoms with Crippen LogP contribution >= 0.6 is 11.3 Å². The summed E-state index contributed by atoms with van der Waals surface area (Å²) in [5.74, 6) is 0.737. The molecule has 0 saturated carbocycles. The largest absolute Gasteiger partial charge is 0.462 e. The summed E-state index contributed by atoms with van der Waals surface area (Å²) in [6.45, 7) is 6.12. The van der Waals surface area contributed by atoms with Crippen molar-refractivity contribution in [2.75, 3.05) is 26.2 Å². The Morgan fingerprint density at radius 3 is 2.58 bits per heavy atom. The number of hydrogen-bond donors (Lipinski definition) is 0. The van der Waals surface area contributed by atoms with Gasteiger partial charge in [-0.05, 0) is 24.6 Å². The molecule has 6 heteroatoms. The molecule has 0 N–H and O–H groups in total. The molecule has 0 radical (unpaired) electrons. The van der Waals surface area contributed by atoms with Gasteiger partial charge in [-0.15, -0.1) is 11.3 Å². The van der Waals surface area contributed by atoms with Crippen LogP contribution in [-0.2, 0) is 6.54 Å². The first kappa shape index (κ1) is 17.0. The number of amides is 1. The van der Waals surface area contributed by atoms with Crippen LogP contribution in [0.1, 0.15) is 20.9 Å². The molecule has 1 saturated heterocycles. The maximum atomic E-state index is 12.9. The quantitative estimate of drug-likeness (QED) is 0.706. The van der Waals surface area contributed by atoms with Gasteiger partial charge in [-0.25, -0.2) is 4.98 Å². The summed E-state index contributed by atoms with van der Waals surface area (Å²) in [6, 6.07) is 14.2. The molecule has 1 aliphatic heterocycles. The van der Waals surface area contributed by atoms with Crippen LogP contribution in [0.4, 0.5) is 0 Å². The summed E-state index contributed by atoms with van der Waals surface area (Å²) in [7, 11) is 0. The average molecular weight is 367 g/mol. The first-order chi connectivity index (χ1) is 12.7. The van der Waals surface area contributed by atoms with E-state index in [1.54, 1.807) is 6.26 Å². The van der Waals surface area contributed by atoms with E-state index in [2.05, 4.69) is 34.1 Å². The van der Waals surface area contributed by atoms with Gasteiger partial charge in [0.05, 0.1) is 6.26 Å². The Hall–Kier alpha value is -2.44. The highest BCUT2D eigenvalue weighted by atomic mass is 32.1. The fourth-order valence-electron chi connectivity index (χ4n) is 3.20. The van der Waals surface area contributed by atoms with E-state index in [-0.39, 0.29) is 5.91 Å². The van der Waals surface area contributed by atoms with Crippen LogP contribution in [-0.4, -0.2) is 46.9 Å². The lowest BCUT2D eigenvalue weighted by molar-refractivity contribution is 0.0623. The van der Waals surface area contributed by atoms with E-state index < -0.39 is 0 Å². The lowest BCUT2D eigenvalue weighted by atomic mass is 10.2. The molecule has 5 nitrogen and oxygen atoms in total. The molecule has 0 bridgehead atoms. The van der Waals surface area contributed by atoms with E-state index in [9.17, 15) is 4.79 Å². The van der Waals surface area contributed by atoms with Crippen LogP contribution in [0.25, 0.3) is 10.8 Å². The van der Waals surface area contributed by atoms with E-state index in [1.165, 1.54) is 16.9 Å². The molecule has 2 aromatic heterocycles. The van der Waals surface area contributed by atoms with E-state index in [4.69, 9.17) is 4.42 Å². The van der Waals surface area contributed by atoms with Crippen molar-refractivity contribution in [2.24, 2.45) is 0 Å². The number of rotatable bonds is 4. The average Bonchev–Trinajstić information content (AvgIpc) is 3.32. The Labute approximate surface area is 156 Å². The van der Waals surface area contributed by atoms with Gasteiger partial charge in [0.15, 0.2) is 10.8 Å². The summed E-state index contributed by atoms with van der Waals surface area (Å²) in [5.41, 5.74) is 1.86. The number of furan rings is 1. The third-order valence-electron chi connectivity index (χ3n) is 4.64. The van der Waals surface area contributed by atoms with Crippen LogP contribution in [0.3, 0.4) is 0 Å². The number of aromatic nitrogens is 1. The summed E-state index contributed by atoms with van der Waals surface area (Å²) in [5, 5.41) is 0.763. The molecule has 0 unspecified atom stereocenters. The van der Waals surface area contributed by atoms with E-state index in [0.717, 1.165) is 42.6 Å². The van der Waals surface area contributed by atoms with Crippen LogP contribution in [0.5, 0.6) is 0 Å². The molecule has 0 aliphatic carbocycles. The maximum absolute atomic E-state index is 12.9. The zero-order chi connectivity index (χ0) is 17.9. The topological polar surface area (TPSA) is 49.6 Å². The number of carbonyl (C=O) groups is 1. The number of aryl methyl sites for hydroxylation is 1. The van der Waals surface area contributed by atoms with Crippen molar-refractivity contribution < 1.29 is 9.21 Å². The number of benzene rings is 1. The second-order valence-electron chi connectivity index (χ2n) is 6.46. The minimum atomic E-state index is 0.0240. The van der Waals surface area contributed by atoms with Gasteiger partial charge in [-0.1, -0.05) is 30.3 Å². The van der Waals surface area contributed by atoms with Crippen molar-refractivity contribution in [1.29, 1.82) is 0 Å². The van der Waals surface area contributed by atoms with Crippen molar-refractivity contribution in [3.63, 3.8) is 0 Å². The molecule has 1 aliphatic rings. The monoisotopic (exact) mass is 367 g/mol. The SMILES string of the molecule is Cc1sc(-c2ccco2)nc1C(=O)N1CCN(Cc2ccccc2)CC1. The zero-order valence-corrected chi connectivity index (χ0v) is 15.5. The van der Waals surface area contributed by atoms with Crippen LogP contribution in [0.2, 0.25) is 0 Å². The van der Waals surface area contributed by atoms with E-state index in [1.807, 2.05) is 30.0 Å². The third kappa shape index (κ3) is 3.57. The molecule has 1 amide bonds. The van der Waals surface area contributed by atoms with Crippen molar-refractivity contribution in [2.45, 2.75) is 13.5 Å². The molecule has 1 aromatic carbocycles. The molecular weight excluding hydrogens is 346 g/mol. The first-order valence-corrected chi connectivity index (χ1v) is 9.59. The van der Waals surface area contributed by atoms with Crippen molar-refractivity contribution in [3.05, 3.63) is 64.9 Å². The van der Waals surface area contributed by atoms with Crippen LogP contribution < -0.4 is 0 Å². The van der Waals surface area contributed by atoms with Gasteiger partial charge in [0.25, 0.3) is 5.91 Å². The van der Waals surface area contributed by atoms with E-state index >= 15 is 0 Å². The van der Waals surface area contributed by atoms with Gasteiger partial charge in [-0.3, -0.25) is 9.69 Å². The zero-order valence-electron chi connectivity index (χ0n) is 14.7. The fourth-order valence-corrected chi connectivity index (χ4v) is 4.07. The molecule has 0 atom stereocenters. The van der Waals surface area contributed by atoms with Crippen molar-refractivity contribution in [3.8, 4) is 10.8 Å². The number of carbonyl (C=O) groups excluding carboxylic acids is 1. The highest BCUT2D eigenvalue weighted by Crippen LogP contribution is 2.28. The Morgan fingerprint density at radius 2 is 1.88 bits per heavy atom. The molecule has 3 heterocycles. The number of thiazole rings is 1. The molecule has 4 rings (SSSR count). The molecule has 26 heavy (non-hydrogen) atoms. The van der Waals surface area contributed by atoms with Gasteiger partial charge in [0.1, 0.15) is 5.69 Å². The number of hydrogen-bond acceptors (Lipinski definition) is 5. The van der Waals surface area contributed by atoms with Crippen LogP contribution in [0, 0.1) is 6.92 Å². The summed E-state index contributed by atoms with van der Waals surface area (Å²) < 4.78 is 5.40. The lowest BCUT2D eigenvalue weighted by Crippen LogP contribution is -2.48. The normalized spacial score (nSPS) is 15.3. The molecule has 134 valence electrons. The van der Waals surface area contributed by atoms with Gasteiger partial charge in [-0.2, -0.15) is 0 Å². The van der Waals surface area contributed by atoms with Crippen LogP contribution in [0.15, 0.2) is 53.1 Å². The highest BCUT2D eigenvalue weighted by molar-refractivity contribution is 7.15. The fraction of sp³-hybridized carbons (Fsp3) is 0.300. The van der Waals surface area contributed by atoms with Gasteiger partial charge in [0, 0.05) is 37.6 Å². The number of nitrogens with zero attached hydrogens (tertiary/aromatic N) is 3. The first-order valence-electron chi connectivity index (χ1n) is 8.77. The van der Waals surface area contributed by atoms with Crippen molar-refractivity contribution >= 4 is 17.2 Å². The maximum Gasteiger partial charge on any atom is 0.273 e. The standard InChI is InChI=1S/C20H21N3O2S/c1-15-18(21-19(26-15)17-8-5-13-25-17)20(24)23-11-9-22(10-12-23)14-16-6-3-2-4-7-16/h2-8,13H,9-12,14H2,1H3. The smallest absolute Gasteiger partial charge is 0.273 e. The van der Waals surface area contributed by atoms with Gasteiger partial charge >= 0.3 is 0 Å². The number of piperazine rings is 1. The second-order valence-corrected chi connectivity index (χ2v) is 7.66. The summed E-state index contributed by atoms with van der Waals surface area (Å²) >= 11 is 1.50.